The molecule has 1 aliphatic heterocycles. The number of thioether (sulfide) groups is 1. The van der Waals surface area contributed by atoms with Crippen LogP contribution in [0, 0.1) is 12.8 Å². The number of benzene rings is 1. The zero-order valence-electron chi connectivity index (χ0n) is 19.8. The number of aromatic nitrogens is 4. The molecule has 7 heteroatoms. The van der Waals surface area contributed by atoms with Crippen molar-refractivity contribution in [3.63, 3.8) is 0 Å². The van der Waals surface area contributed by atoms with Crippen LogP contribution in [0.1, 0.15) is 50.4 Å². The Labute approximate surface area is 194 Å². The lowest BCUT2D eigenvalue weighted by atomic mass is 9.85. The lowest BCUT2D eigenvalue weighted by Gasteiger charge is -2.23. The number of fused-ring (bicyclic) bond motifs is 1. The Morgan fingerprint density at radius 1 is 1.19 bits per heavy atom. The van der Waals surface area contributed by atoms with Gasteiger partial charge in [0, 0.05) is 31.3 Å². The maximum Gasteiger partial charge on any atom is 0.202 e. The molecule has 2 aromatic heterocycles. The Balaban J connectivity index is 1.12. The molecule has 0 N–H and O–H groups in total. The van der Waals surface area contributed by atoms with Crippen LogP contribution < -0.4 is 0 Å². The van der Waals surface area contributed by atoms with Crippen molar-refractivity contribution >= 4 is 11.8 Å². The molecule has 32 heavy (non-hydrogen) atoms. The molecule has 0 bridgehead atoms. The molecule has 170 valence electrons. The molecule has 0 radical (unpaired) electrons. The summed E-state index contributed by atoms with van der Waals surface area (Å²) in [6.07, 6.45) is 3.97. The Bertz CT molecular complexity index is 1100. The zero-order chi connectivity index (χ0) is 22.5. The predicted molar refractivity (Wildman–Crippen MR) is 128 cm³/mol. The van der Waals surface area contributed by atoms with Gasteiger partial charge in [-0.15, -0.1) is 10.2 Å². The van der Waals surface area contributed by atoms with Gasteiger partial charge in [0.05, 0.1) is 5.69 Å². The average molecular weight is 452 g/mol. The predicted octanol–water partition coefficient (Wildman–Crippen LogP) is 4.83. The summed E-state index contributed by atoms with van der Waals surface area (Å²) < 4.78 is 7.47. The minimum absolute atomic E-state index is 0.218. The summed E-state index contributed by atoms with van der Waals surface area (Å²) in [5.74, 6) is 3.31. The monoisotopic (exact) mass is 451 g/mol. The number of nitrogens with zero attached hydrogens (tertiary/aromatic N) is 5. The molecule has 3 aromatic rings. The smallest absolute Gasteiger partial charge is 0.202 e. The van der Waals surface area contributed by atoms with Gasteiger partial charge in [0.15, 0.2) is 17.3 Å². The van der Waals surface area contributed by atoms with E-state index in [1.54, 1.807) is 17.3 Å². The molecule has 0 spiro atoms. The fraction of sp³-hybridized carbons (Fsp3) is 0.560. The van der Waals surface area contributed by atoms with E-state index in [-0.39, 0.29) is 5.41 Å². The molecule has 5 rings (SSSR count). The highest BCUT2D eigenvalue weighted by Gasteiger charge is 2.60. The van der Waals surface area contributed by atoms with Gasteiger partial charge < -0.3 is 13.9 Å². The van der Waals surface area contributed by atoms with Crippen molar-refractivity contribution in [2.75, 3.05) is 25.4 Å². The summed E-state index contributed by atoms with van der Waals surface area (Å²) in [5, 5.41) is 9.58. The van der Waals surface area contributed by atoms with Gasteiger partial charge in [0.25, 0.3) is 0 Å². The molecule has 2 fully saturated rings. The summed E-state index contributed by atoms with van der Waals surface area (Å²) >= 11 is 1.77. The molecular formula is C25H33N5OS. The maximum atomic E-state index is 5.47. The minimum Gasteiger partial charge on any atom is -0.440 e. The first-order valence-electron chi connectivity index (χ1n) is 11.5. The van der Waals surface area contributed by atoms with Gasteiger partial charge in [-0.1, -0.05) is 56.8 Å². The van der Waals surface area contributed by atoms with Crippen LogP contribution in [0.25, 0.3) is 11.6 Å². The molecule has 6 nitrogen and oxygen atoms in total. The SMILES string of the molecule is Cc1ncoc1-c1nnc(SCCCN2CC3CC3(c3ccc(C(C)(C)C)cc3)C2)n1C. The van der Waals surface area contributed by atoms with Crippen molar-refractivity contribution in [3.05, 3.63) is 47.5 Å². The van der Waals surface area contributed by atoms with Crippen LogP contribution in [0.15, 0.2) is 40.2 Å². The third kappa shape index (κ3) is 3.90. The molecule has 2 atom stereocenters. The maximum absolute atomic E-state index is 5.47. The number of rotatable bonds is 7. The minimum atomic E-state index is 0.218. The van der Waals surface area contributed by atoms with Crippen LogP contribution in [0.3, 0.4) is 0 Å². The quantitative estimate of drug-likeness (QED) is 0.379. The summed E-state index contributed by atoms with van der Waals surface area (Å²) in [5.41, 5.74) is 4.44. The van der Waals surface area contributed by atoms with Crippen molar-refractivity contribution in [2.24, 2.45) is 13.0 Å². The van der Waals surface area contributed by atoms with Crippen LogP contribution in [-0.4, -0.2) is 50.0 Å². The van der Waals surface area contributed by atoms with E-state index in [2.05, 4.69) is 65.1 Å². The van der Waals surface area contributed by atoms with Crippen molar-refractivity contribution in [1.29, 1.82) is 0 Å². The second-order valence-corrected chi connectivity index (χ2v) is 11.5. The third-order valence-corrected chi connectivity index (χ3v) is 8.28. The highest BCUT2D eigenvalue weighted by atomic mass is 32.2. The van der Waals surface area contributed by atoms with Crippen LogP contribution in [0.2, 0.25) is 0 Å². The number of hydrogen-bond acceptors (Lipinski definition) is 6. The fourth-order valence-corrected chi connectivity index (χ4v) is 5.95. The second kappa shape index (κ2) is 8.03. The van der Waals surface area contributed by atoms with Crippen molar-refractivity contribution in [2.45, 2.75) is 56.5 Å². The normalized spacial score (nSPS) is 23.0. The van der Waals surface area contributed by atoms with Crippen LogP contribution >= 0.6 is 11.8 Å². The number of aryl methyl sites for hydroxylation is 1. The Kier molecular flexibility index (Phi) is 5.45. The van der Waals surface area contributed by atoms with E-state index in [0.29, 0.717) is 11.2 Å². The Morgan fingerprint density at radius 3 is 2.66 bits per heavy atom. The fourth-order valence-electron chi connectivity index (χ4n) is 5.11. The number of piperidine rings is 1. The first kappa shape index (κ1) is 21.7. The van der Waals surface area contributed by atoms with E-state index in [9.17, 15) is 0 Å². The Hall–Kier alpha value is -2.12. The van der Waals surface area contributed by atoms with Crippen molar-refractivity contribution in [1.82, 2.24) is 24.6 Å². The molecule has 1 aliphatic carbocycles. The summed E-state index contributed by atoms with van der Waals surface area (Å²) in [7, 11) is 1.99. The first-order valence-corrected chi connectivity index (χ1v) is 12.5. The number of hydrogen-bond donors (Lipinski definition) is 0. The van der Waals surface area contributed by atoms with E-state index in [1.165, 1.54) is 31.5 Å². The topological polar surface area (TPSA) is 60.0 Å². The van der Waals surface area contributed by atoms with E-state index in [1.807, 2.05) is 18.5 Å². The Morgan fingerprint density at radius 2 is 1.97 bits per heavy atom. The molecule has 2 unspecified atom stereocenters. The van der Waals surface area contributed by atoms with Crippen LogP contribution in [0.4, 0.5) is 0 Å². The van der Waals surface area contributed by atoms with Crippen molar-refractivity contribution < 1.29 is 4.42 Å². The second-order valence-electron chi connectivity index (χ2n) is 10.5. The lowest BCUT2D eigenvalue weighted by Crippen LogP contribution is -2.28. The summed E-state index contributed by atoms with van der Waals surface area (Å²) in [4.78, 5) is 6.81. The summed E-state index contributed by atoms with van der Waals surface area (Å²) in [6.45, 7) is 12.4. The molecular weight excluding hydrogens is 418 g/mol. The first-order chi connectivity index (χ1) is 15.3. The number of likely N-dealkylation sites (tertiary alicyclic amines) is 1. The van der Waals surface area contributed by atoms with Gasteiger partial charge in [0.2, 0.25) is 5.82 Å². The van der Waals surface area contributed by atoms with Gasteiger partial charge >= 0.3 is 0 Å². The van der Waals surface area contributed by atoms with E-state index in [0.717, 1.165) is 41.3 Å². The summed E-state index contributed by atoms with van der Waals surface area (Å²) in [6, 6.07) is 9.46. The highest BCUT2D eigenvalue weighted by molar-refractivity contribution is 7.99. The van der Waals surface area contributed by atoms with Crippen LogP contribution in [0.5, 0.6) is 0 Å². The highest BCUT2D eigenvalue weighted by Crippen LogP contribution is 2.59. The zero-order valence-corrected chi connectivity index (χ0v) is 20.6. The van der Waals surface area contributed by atoms with Gasteiger partial charge in [0.1, 0.15) is 0 Å². The van der Waals surface area contributed by atoms with E-state index in [4.69, 9.17) is 4.42 Å². The van der Waals surface area contributed by atoms with Gasteiger partial charge in [-0.05, 0) is 48.8 Å². The molecule has 0 amide bonds. The largest absolute Gasteiger partial charge is 0.440 e. The lowest BCUT2D eigenvalue weighted by molar-refractivity contribution is 0.299. The van der Waals surface area contributed by atoms with E-state index >= 15 is 0 Å². The average Bonchev–Trinajstić information content (AvgIpc) is 3.05. The molecule has 2 aliphatic rings. The van der Waals surface area contributed by atoms with Gasteiger partial charge in [-0.3, -0.25) is 0 Å². The van der Waals surface area contributed by atoms with Crippen LogP contribution in [-0.2, 0) is 17.9 Å². The van der Waals surface area contributed by atoms with Gasteiger partial charge in [-0.25, -0.2) is 4.98 Å². The third-order valence-electron chi connectivity index (χ3n) is 7.18. The molecule has 1 saturated heterocycles. The van der Waals surface area contributed by atoms with E-state index < -0.39 is 0 Å². The molecule has 1 aromatic carbocycles. The standard InChI is InChI=1S/C25H33N5OS/c1-17-21(31-16-26-17)22-27-28-23(29(22)5)32-12-6-11-30-14-20-13-25(20,15-30)19-9-7-18(8-10-19)24(2,3)4/h7-10,16,20H,6,11-15H2,1-5H3. The molecule has 1 saturated carbocycles. The van der Waals surface area contributed by atoms with Gasteiger partial charge in [-0.2, -0.15) is 0 Å². The number of oxazole rings is 1. The molecule has 3 heterocycles. The van der Waals surface area contributed by atoms with Crippen molar-refractivity contribution in [3.8, 4) is 11.6 Å².